The SMILES string of the molecule is O=Cc1ccc2c(c1)C[C@@H](NC[C@H](O)c1cnc(Cl)c(Cl)c1)CC2. The first-order valence-electron chi connectivity index (χ1n) is 7.86. The van der Waals surface area contributed by atoms with Crippen LogP contribution in [0.25, 0.3) is 0 Å². The molecule has 126 valence electrons. The molecular weight excluding hydrogens is 347 g/mol. The van der Waals surface area contributed by atoms with Gasteiger partial charge in [0.25, 0.3) is 0 Å². The molecule has 3 rings (SSSR count). The summed E-state index contributed by atoms with van der Waals surface area (Å²) < 4.78 is 0. The Labute approximate surface area is 150 Å². The van der Waals surface area contributed by atoms with Gasteiger partial charge in [0.15, 0.2) is 0 Å². The molecule has 2 aromatic rings. The summed E-state index contributed by atoms with van der Waals surface area (Å²) >= 11 is 11.7. The molecule has 2 atom stereocenters. The number of carbonyl (C=O) groups is 1. The van der Waals surface area contributed by atoms with Crippen LogP contribution in [-0.2, 0) is 12.8 Å². The van der Waals surface area contributed by atoms with E-state index in [1.165, 1.54) is 17.3 Å². The number of fused-ring (bicyclic) bond motifs is 1. The highest BCUT2D eigenvalue weighted by Gasteiger charge is 2.20. The summed E-state index contributed by atoms with van der Waals surface area (Å²) in [6.07, 6.45) is 4.53. The average Bonchev–Trinajstić information content (AvgIpc) is 2.61. The highest BCUT2D eigenvalue weighted by Crippen LogP contribution is 2.25. The van der Waals surface area contributed by atoms with Gasteiger partial charge in [0, 0.05) is 29.9 Å². The van der Waals surface area contributed by atoms with Crippen LogP contribution in [0.3, 0.4) is 0 Å². The Kier molecular flexibility index (Phi) is 5.51. The van der Waals surface area contributed by atoms with Crippen LogP contribution in [0, 0.1) is 0 Å². The number of nitrogens with one attached hydrogen (secondary N) is 1. The first kappa shape index (κ1) is 17.4. The van der Waals surface area contributed by atoms with Gasteiger partial charge in [0.05, 0.1) is 11.1 Å². The normalized spacial score (nSPS) is 18.0. The molecular formula is C18H18Cl2N2O2. The summed E-state index contributed by atoms with van der Waals surface area (Å²) in [6.45, 7) is 0.410. The number of aliphatic hydroxyl groups excluding tert-OH is 1. The van der Waals surface area contributed by atoms with E-state index in [0.29, 0.717) is 22.7 Å². The molecule has 6 heteroatoms. The predicted molar refractivity (Wildman–Crippen MR) is 94.9 cm³/mol. The Morgan fingerprint density at radius 2 is 2.17 bits per heavy atom. The van der Waals surface area contributed by atoms with Gasteiger partial charge in [0.2, 0.25) is 0 Å². The molecule has 0 amide bonds. The van der Waals surface area contributed by atoms with Gasteiger partial charge in [-0.3, -0.25) is 4.79 Å². The van der Waals surface area contributed by atoms with Crippen LogP contribution >= 0.6 is 23.2 Å². The number of carbonyl (C=O) groups excluding carboxylic acids is 1. The molecule has 1 aliphatic rings. The Balaban J connectivity index is 1.60. The third kappa shape index (κ3) is 3.95. The number of hydrogen-bond donors (Lipinski definition) is 2. The third-order valence-electron chi connectivity index (χ3n) is 4.40. The summed E-state index contributed by atoms with van der Waals surface area (Å²) in [4.78, 5) is 14.9. The number of halogens is 2. The van der Waals surface area contributed by atoms with Crippen molar-refractivity contribution in [2.45, 2.75) is 31.4 Å². The van der Waals surface area contributed by atoms with Crippen LogP contribution in [0.5, 0.6) is 0 Å². The largest absolute Gasteiger partial charge is 0.387 e. The van der Waals surface area contributed by atoms with E-state index >= 15 is 0 Å². The van der Waals surface area contributed by atoms with Gasteiger partial charge < -0.3 is 10.4 Å². The summed E-state index contributed by atoms with van der Waals surface area (Å²) in [6, 6.07) is 7.75. The number of aldehydes is 1. The summed E-state index contributed by atoms with van der Waals surface area (Å²) in [7, 11) is 0. The van der Waals surface area contributed by atoms with Crippen molar-refractivity contribution in [3.63, 3.8) is 0 Å². The fourth-order valence-electron chi connectivity index (χ4n) is 3.04. The van der Waals surface area contributed by atoms with Gasteiger partial charge in [-0.15, -0.1) is 0 Å². The molecule has 0 unspecified atom stereocenters. The monoisotopic (exact) mass is 364 g/mol. The maximum absolute atomic E-state index is 10.9. The Morgan fingerprint density at radius 3 is 2.92 bits per heavy atom. The molecule has 0 radical (unpaired) electrons. The van der Waals surface area contributed by atoms with E-state index in [2.05, 4.69) is 10.3 Å². The lowest BCUT2D eigenvalue weighted by Gasteiger charge is -2.27. The standard InChI is InChI=1S/C18H18Cl2N2O2/c19-16-7-14(8-22-18(16)20)17(24)9-21-15-4-3-12-2-1-11(10-23)5-13(12)6-15/h1-2,5,7-8,10,15,17,21,24H,3-4,6,9H2/t15-,17-/m0/s1. The third-order valence-corrected chi connectivity index (χ3v) is 5.08. The van der Waals surface area contributed by atoms with E-state index in [1.807, 2.05) is 18.2 Å². The molecule has 2 N–H and O–H groups in total. The maximum Gasteiger partial charge on any atom is 0.150 e. The van der Waals surface area contributed by atoms with Gasteiger partial charge in [-0.05, 0) is 42.5 Å². The first-order valence-corrected chi connectivity index (χ1v) is 8.62. The van der Waals surface area contributed by atoms with Crippen LogP contribution in [0.2, 0.25) is 10.2 Å². The molecule has 0 aliphatic heterocycles. The van der Waals surface area contributed by atoms with E-state index in [1.54, 1.807) is 6.07 Å². The van der Waals surface area contributed by atoms with Crippen LogP contribution in [-0.4, -0.2) is 29.0 Å². The van der Waals surface area contributed by atoms with Crippen molar-refractivity contribution in [2.24, 2.45) is 0 Å². The van der Waals surface area contributed by atoms with Crippen molar-refractivity contribution in [1.82, 2.24) is 10.3 Å². The van der Waals surface area contributed by atoms with E-state index in [9.17, 15) is 9.90 Å². The predicted octanol–water partition coefficient (Wildman–Crippen LogP) is 3.38. The van der Waals surface area contributed by atoms with E-state index in [4.69, 9.17) is 23.2 Å². The Morgan fingerprint density at radius 1 is 1.33 bits per heavy atom. The minimum Gasteiger partial charge on any atom is -0.387 e. The van der Waals surface area contributed by atoms with Crippen molar-refractivity contribution in [2.75, 3.05) is 6.54 Å². The average molecular weight is 365 g/mol. The highest BCUT2D eigenvalue weighted by molar-refractivity contribution is 6.41. The smallest absolute Gasteiger partial charge is 0.150 e. The number of aliphatic hydroxyl groups is 1. The van der Waals surface area contributed by atoms with E-state index < -0.39 is 6.10 Å². The number of hydrogen-bond acceptors (Lipinski definition) is 4. The van der Waals surface area contributed by atoms with Crippen LogP contribution in [0.4, 0.5) is 0 Å². The second kappa shape index (κ2) is 7.62. The molecule has 0 fully saturated rings. The lowest BCUT2D eigenvalue weighted by Crippen LogP contribution is -2.37. The van der Waals surface area contributed by atoms with Crippen molar-refractivity contribution in [3.05, 3.63) is 62.9 Å². The van der Waals surface area contributed by atoms with Crippen LogP contribution in [0.1, 0.15) is 39.6 Å². The van der Waals surface area contributed by atoms with Crippen molar-refractivity contribution >= 4 is 29.5 Å². The maximum atomic E-state index is 10.9. The molecule has 1 aromatic carbocycles. The zero-order chi connectivity index (χ0) is 17.1. The van der Waals surface area contributed by atoms with Gasteiger partial charge in [0.1, 0.15) is 11.4 Å². The number of nitrogens with zero attached hydrogens (tertiary/aromatic N) is 1. The lowest BCUT2D eigenvalue weighted by molar-refractivity contribution is 0.112. The van der Waals surface area contributed by atoms with Crippen LogP contribution in [0.15, 0.2) is 30.5 Å². The van der Waals surface area contributed by atoms with Gasteiger partial charge in [-0.25, -0.2) is 4.98 Å². The number of aromatic nitrogens is 1. The highest BCUT2D eigenvalue weighted by atomic mass is 35.5. The van der Waals surface area contributed by atoms with E-state index in [-0.39, 0.29) is 11.2 Å². The fourth-order valence-corrected chi connectivity index (χ4v) is 3.32. The minimum atomic E-state index is -0.699. The van der Waals surface area contributed by atoms with Crippen molar-refractivity contribution in [3.8, 4) is 0 Å². The molecule has 0 saturated carbocycles. The summed E-state index contributed by atoms with van der Waals surface area (Å²) in [5.74, 6) is 0. The van der Waals surface area contributed by atoms with Crippen LogP contribution < -0.4 is 5.32 Å². The second-order valence-electron chi connectivity index (χ2n) is 6.05. The summed E-state index contributed by atoms with van der Waals surface area (Å²) in [5.41, 5.74) is 3.84. The Bertz CT molecular complexity index is 752. The van der Waals surface area contributed by atoms with E-state index in [0.717, 1.165) is 25.5 Å². The molecule has 0 bridgehead atoms. The van der Waals surface area contributed by atoms with Crippen molar-refractivity contribution < 1.29 is 9.90 Å². The topological polar surface area (TPSA) is 62.2 Å². The molecule has 4 nitrogen and oxygen atoms in total. The number of rotatable bonds is 5. The summed E-state index contributed by atoms with van der Waals surface area (Å²) in [5, 5.41) is 14.2. The lowest BCUT2D eigenvalue weighted by atomic mass is 9.87. The number of pyridine rings is 1. The zero-order valence-corrected chi connectivity index (χ0v) is 14.5. The molecule has 1 aliphatic carbocycles. The molecule has 1 heterocycles. The van der Waals surface area contributed by atoms with Gasteiger partial charge >= 0.3 is 0 Å². The Hall–Kier alpha value is -1.46. The minimum absolute atomic E-state index is 0.232. The molecule has 24 heavy (non-hydrogen) atoms. The molecule has 0 saturated heterocycles. The van der Waals surface area contributed by atoms with Gasteiger partial charge in [-0.2, -0.15) is 0 Å². The second-order valence-corrected chi connectivity index (χ2v) is 6.82. The fraction of sp³-hybridized carbons (Fsp3) is 0.333. The number of aryl methyl sites for hydroxylation is 1. The van der Waals surface area contributed by atoms with Gasteiger partial charge in [-0.1, -0.05) is 35.3 Å². The quantitative estimate of drug-likeness (QED) is 0.630. The zero-order valence-electron chi connectivity index (χ0n) is 13.0. The molecule has 1 aromatic heterocycles. The molecule has 0 spiro atoms. The van der Waals surface area contributed by atoms with Crippen molar-refractivity contribution in [1.29, 1.82) is 0 Å². The number of benzene rings is 1. The first-order chi connectivity index (χ1) is 11.6.